The van der Waals surface area contributed by atoms with Crippen LogP contribution in [0, 0.1) is 23.3 Å². The van der Waals surface area contributed by atoms with Crippen molar-refractivity contribution in [2.45, 2.75) is 119 Å². The van der Waals surface area contributed by atoms with Gasteiger partial charge in [0.25, 0.3) is 0 Å². The van der Waals surface area contributed by atoms with Gasteiger partial charge in [0.2, 0.25) is 23.6 Å². The number of aromatic nitrogens is 8. The second kappa shape index (κ2) is 34.9. The van der Waals surface area contributed by atoms with E-state index in [1.165, 1.54) is 18.2 Å². The number of amides is 4. The third-order valence-electron chi connectivity index (χ3n) is 28.2. The molecule has 0 radical (unpaired) electrons. The third-order valence-corrected chi connectivity index (χ3v) is 28.2. The molecule has 4 amide bonds. The van der Waals surface area contributed by atoms with Gasteiger partial charge in [0.15, 0.2) is 0 Å². The molecule has 26 heteroatoms. The number of hydrogen-bond donors (Lipinski definition) is 0. The van der Waals surface area contributed by atoms with Crippen molar-refractivity contribution in [3.8, 4) is 44.5 Å². The van der Waals surface area contributed by atoms with Gasteiger partial charge < -0.3 is 34.3 Å². The number of anilines is 4. The zero-order valence-electron chi connectivity index (χ0n) is 73.3. The van der Waals surface area contributed by atoms with Crippen LogP contribution in [0.2, 0.25) is 0 Å². The van der Waals surface area contributed by atoms with Crippen LogP contribution in [0.5, 0.6) is 0 Å². The van der Waals surface area contributed by atoms with Crippen molar-refractivity contribution >= 4 is 46.4 Å². The van der Waals surface area contributed by atoms with Crippen LogP contribution in [-0.2, 0) is 95.2 Å². The highest BCUT2D eigenvalue weighted by molar-refractivity contribution is 6.11. The lowest BCUT2D eigenvalue weighted by Gasteiger charge is -2.39. The van der Waals surface area contributed by atoms with E-state index in [0.29, 0.717) is 66.9 Å². The molecule has 21 rings (SSSR count). The van der Waals surface area contributed by atoms with Gasteiger partial charge in [0, 0.05) is 165 Å². The van der Waals surface area contributed by atoms with Gasteiger partial charge in [-0.25, -0.2) is 22.0 Å². The summed E-state index contributed by atoms with van der Waals surface area (Å²) in [5.74, 6) is -0.979. The number of fused-ring (bicyclic) bond motifs is 8. The first-order chi connectivity index (χ1) is 61.4. The Bertz CT molecular complexity index is 6150. The number of carbonyl (C=O) groups is 4. The maximum atomic E-state index is 15.3. The molecule has 8 aromatic carbocycles. The molecule has 0 bridgehead atoms. The lowest BCUT2D eigenvalue weighted by atomic mass is 9.81. The first kappa shape index (κ1) is 85.7. The molecule has 5 saturated heterocycles. The third kappa shape index (κ3) is 16.0. The van der Waals surface area contributed by atoms with Crippen molar-refractivity contribution in [3.63, 3.8) is 0 Å². The number of rotatable bonds is 17. The van der Waals surface area contributed by atoms with Crippen molar-refractivity contribution in [1.82, 2.24) is 63.6 Å². The molecule has 0 N–H and O–H groups in total. The van der Waals surface area contributed by atoms with Crippen molar-refractivity contribution in [2.75, 3.05) is 112 Å². The molecule has 127 heavy (non-hydrogen) atoms. The minimum Gasteiger partial charge on any atom is -0.307 e. The Kier molecular flexibility index (Phi) is 23.6. The summed E-state index contributed by atoms with van der Waals surface area (Å²) in [6, 6.07) is 53.7. The molecule has 12 aromatic rings. The number of likely N-dealkylation sites (N-methyl/N-ethyl adjacent to an activating group) is 2. The molecule has 5 fully saturated rings. The van der Waals surface area contributed by atoms with Crippen LogP contribution in [0.25, 0.3) is 44.5 Å². The van der Waals surface area contributed by atoms with Gasteiger partial charge in [0.1, 0.15) is 29.9 Å². The molecule has 0 saturated carbocycles. The Hall–Kier alpha value is -12.1. The highest BCUT2D eigenvalue weighted by Gasteiger charge is 2.58. The van der Waals surface area contributed by atoms with Crippen molar-refractivity contribution in [2.24, 2.45) is 28.2 Å². The summed E-state index contributed by atoms with van der Waals surface area (Å²) in [7, 11) is 9.38. The summed E-state index contributed by atoms with van der Waals surface area (Å²) in [4.78, 5) is 73.5. The average Bonchev–Trinajstić information content (AvgIpc) is 1.58. The maximum absolute atomic E-state index is 15.3. The van der Waals surface area contributed by atoms with Crippen LogP contribution in [0.4, 0.5) is 44.7 Å². The number of aryl methyl sites for hydroxylation is 4. The van der Waals surface area contributed by atoms with E-state index >= 15 is 13.2 Å². The van der Waals surface area contributed by atoms with E-state index in [9.17, 15) is 28.0 Å². The Morgan fingerprint density at radius 1 is 0.370 bits per heavy atom. The summed E-state index contributed by atoms with van der Waals surface area (Å²) in [6.07, 6.45) is 19.7. The van der Waals surface area contributed by atoms with Crippen LogP contribution in [0.15, 0.2) is 219 Å². The number of nitrogens with zero attached hydrogens (tertiary/aromatic N) is 17. The van der Waals surface area contributed by atoms with E-state index in [1.807, 2.05) is 185 Å². The molecular weight excluding hydrogens is 1610 g/mol. The molecule has 4 aromatic heterocycles. The number of likely N-dealkylation sites (tertiary alicyclic amines) is 5. The highest BCUT2D eigenvalue weighted by Crippen LogP contribution is 2.53. The molecule has 656 valence electrons. The molecule has 21 nitrogen and oxygen atoms in total. The van der Waals surface area contributed by atoms with Gasteiger partial charge in [-0.2, -0.15) is 20.4 Å². The number of para-hydroxylation sites is 4. The molecule has 0 aliphatic carbocycles. The summed E-state index contributed by atoms with van der Waals surface area (Å²) < 4.78 is 79.9. The van der Waals surface area contributed by atoms with Gasteiger partial charge in [-0.15, -0.1) is 0 Å². The fraction of sp³-hybridized carbons (Fsp3) is 0.366. The number of hydrogen-bond acceptors (Lipinski definition) is 13. The second-order valence-electron chi connectivity index (χ2n) is 36.2. The minimum absolute atomic E-state index is 0.0224. The van der Waals surface area contributed by atoms with Crippen LogP contribution in [0.1, 0.15) is 104 Å². The Balaban J connectivity index is 0.000000115. The van der Waals surface area contributed by atoms with E-state index in [-0.39, 0.29) is 73.1 Å². The molecule has 13 heterocycles. The Labute approximate surface area is 738 Å². The first-order valence-corrected chi connectivity index (χ1v) is 44.3. The van der Waals surface area contributed by atoms with Crippen molar-refractivity contribution in [1.29, 1.82) is 0 Å². The van der Waals surface area contributed by atoms with Crippen LogP contribution in [0.3, 0.4) is 0 Å². The van der Waals surface area contributed by atoms with Crippen LogP contribution >= 0.6 is 0 Å². The largest absolute Gasteiger partial charge is 0.307 e. The lowest BCUT2D eigenvalue weighted by molar-refractivity contribution is -0.123. The summed E-state index contributed by atoms with van der Waals surface area (Å²) in [5.41, 5.74) is 14.2. The lowest BCUT2D eigenvalue weighted by Crippen LogP contribution is -2.48. The monoisotopic (exact) mass is 1720 g/mol. The minimum atomic E-state index is -0.669. The normalized spacial score (nSPS) is 21.6. The predicted molar refractivity (Wildman–Crippen MR) is 483 cm³/mol. The highest BCUT2D eigenvalue weighted by atomic mass is 19.1. The van der Waals surface area contributed by atoms with Gasteiger partial charge >= 0.3 is 0 Å². The fourth-order valence-electron chi connectivity index (χ4n) is 21.3. The van der Waals surface area contributed by atoms with Crippen LogP contribution < -0.4 is 19.6 Å². The SMILES string of the molecule is CC(C)N1CCC(N2CCC3(C2)C(=O)N(Cc2ccc(-c4cnn(C)c4)cc2F)c2ccccc23)CC1.CCN1CCC2(C1)C(=O)N(Cc1ccc(-c3cnn(C)c3)cc1F)c1ccccc12.CN1CCC2(C1)C(=O)N(Cc1ccc(-c3cnn(C)c3)cc1F)c1ccccc12.Cn1cc(-c2ccc(CN3C(=O)C4(CCN(CCF)C4)c4ccccc43)c(F)c2)cn1. The molecule has 4 atom stereocenters. The van der Waals surface area contributed by atoms with Gasteiger partial charge in [0.05, 0.1) is 72.6 Å². The Morgan fingerprint density at radius 2 is 0.677 bits per heavy atom. The standard InChI is InChI=1S/C30H36FN5O.C24H24F2N4O.C24H25FN4O.C23H23FN4O/c1-21(2)34-13-10-25(11-14-34)35-15-12-30(20-35)26-6-4-5-7-28(26)36(29(30)37)19-23-9-8-22(16-27(23)31)24-17-32-33(3)18-24;1-28-14-19(13-27-28)17-6-7-18(21(26)12-17)15-30-22-5-3-2-4-20(22)24(23(30)31)8-10-29(16-24)11-9-25;1-3-28-11-10-24(16-28)20-6-4-5-7-22(20)29(23(24)30)15-18-9-8-17(12-21(18)25)19-13-26-27(2)14-19;1-26-10-9-23(15-26)19-5-3-4-6-21(19)28(22(23)29)14-17-8-7-16(11-20(17)24)18-12-25-27(2)13-18/h4-9,16-18,21,25H,10-15,19-20H2,1-3H3;2-7,12-14H,8-11,15-16H2,1H3;4-9,12-14H,3,10-11,15-16H2,1-2H3;3-8,11-13H,9-10,14-15H2,1-2H3. The van der Waals surface area contributed by atoms with E-state index in [0.717, 1.165) is 174 Å². The molecule has 4 unspecified atom stereocenters. The zero-order valence-corrected chi connectivity index (χ0v) is 73.3. The summed E-state index contributed by atoms with van der Waals surface area (Å²) in [6.45, 7) is 16.8. The number of piperidine rings is 1. The number of carbonyl (C=O) groups excluding carboxylic acids is 4. The van der Waals surface area contributed by atoms with Gasteiger partial charge in [-0.1, -0.05) is 128 Å². The number of benzene rings is 8. The van der Waals surface area contributed by atoms with E-state index in [1.54, 1.807) is 82.5 Å². The number of alkyl halides is 1. The molecule has 4 spiro atoms. The van der Waals surface area contributed by atoms with Crippen LogP contribution in [-0.4, -0.2) is 192 Å². The predicted octanol–water partition coefficient (Wildman–Crippen LogP) is 15.4. The Morgan fingerprint density at radius 3 is 0.969 bits per heavy atom. The van der Waals surface area contributed by atoms with Gasteiger partial charge in [-0.3, -0.25) is 47.7 Å². The van der Waals surface area contributed by atoms with Crippen molar-refractivity contribution < 1.29 is 41.1 Å². The van der Waals surface area contributed by atoms with E-state index < -0.39 is 28.3 Å². The second-order valence-corrected chi connectivity index (χ2v) is 36.2. The summed E-state index contributed by atoms with van der Waals surface area (Å²) >= 11 is 0. The van der Waals surface area contributed by atoms with E-state index in [4.69, 9.17) is 0 Å². The summed E-state index contributed by atoms with van der Waals surface area (Å²) in [5, 5.41) is 16.6. The maximum Gasteiger partial charge on any atom is 0.239 e. The molecular formula is C101H108F5N17O4. The van der Waals surface area contributed by atoms with Gasteiger partial charge in [-0.05, 0) is 198 Å². The molecule has 9 aliphatic rings. The fourth-order valence-corrected chi connectivity index (χ4v) is 21.3. The topological polar surface area (TPSA) is 169 Å². The average molecular weight is 1720 g/mol. The smallest absolute Gasteiger partial charge is 0.239 e. The zero-order chi connectivity index (χ0) is 88.4. The first-order valence-electron chi connectivity index (χ1n) is 44.3. The number of halogens is 5. The quantitative estimate of drug-likeness (QED) is 0.0790. The van der Waals surface area contributed by atoms with E-state index in [2.05, 4.69) is 72.9 Å². The molecule has 9 aliphatic heterocycles. The van der Waals surface area contributed by atoms with Crippen molar-refractivity contribution in [3.05, 3.63) is 287 Å².